The van der Waals surface area contributed by atoms with Gasteiger partial charge in [-0.05, 0) is 32.1 Å². The third-order valence-electron chi connectivity index (χ3n) is 2.94. The lowest BCUT2D eigenvalue weighted by Crippen LogP contribution is -2.38. The van der Waals surface area contributed by atoms with Crippen LogP contribution < -0.4 is 5.32 Å². The Labute approximate surface area is 97.9 Å². The molecule has 16 heavy (non-hydrogen) atoms. The maximum absolute atomic E-state index is 11.5. The Morgan fingerprint density at radius 1 is 1.56 bits per heavy atom. The van der Waals surface area contributed by atoms with Crippen molar-refractivity contribution in [2.45, 2.75) is 52.1 Å². The highest BCUT2D eigenvalue weighted by Crippen LogP contribution is 2.34. The van der Waals surface area contributed by atoms with Gasteiger partial charge in [-0.1, -0.05) is 31.9 Å². The van der Waals surface area contributed by atoms with Crippen molar-refractivity contribution in [3.63, 3.8) is 0 Å². The van der Waals surface area contributed by atoms with Gasteiger partial charge in [0, 0.05) is 6.54 Å². The molecule has 0 bridgehead atoms. The van der Waals surface area contributed by atoms with Crippen molar-refractivity contribution < 1.29 is 9.90 Å². The summed E-state index contributed by atoms with van der Waals surface area (Å²) in [6.45, 7) is 6.97. The fourth-order valence-electron chi connectivity index (χ4n) is 1.79. The molecule has 0 spiro atoms. The minimum Gasteiger partial charge on any atom is -0.380 e. The maximum Gasteiger partial charge on any atom is 0.251 e. The fraction of sp³-hybridized carbons (Fsp3) is 0.769. The lowest BCUT2D eigenvalue weighted by molar-refractivity contribution is -0.131. The first-order valence-corrected chi connectivity index (χ1v) is 6.16. The van der Waals surface area contributed by atoms with E-state index in [9.17, 15) is 9.90 Å². The molecule has 0 aromatic rings. The van der Waals surface area contributed by atoms with Gasteiger partial charge in [-0.3, -0.25) is 4.79 Å². The van der Waals surface area contributed by atoms with Crippen LogP contribution in [0.15, 0.2) is 11.6 Å². The van der Waals surface area contributed by atoms with Gasteiger partial charge in [0.05, 0.1) is 0 Å². The number of hydrogen-bond donors (Lipinski definition) is 2. The molecule has 1 aliphatic carbocycles. The number of nitrogens with one attached hydrogen (secondary N) is 1. The van der Waals surface area contributed by atoms with Gasteiger partial charge in [0.15, 0.2) is 0 Å². The van der Waals surface area contributed by atoms with Crippen LogP contribution in [0.1, 0.15) is 46.5 Å². The minimum absolute atomic E-state index is 0.208. The van der Waals surface area contributed by atoms with E-state index in [2.05, 4.69) is 32.2 Å². The summed E-state index contributed by atoms with van der Waals surface area (Å²) in [5, 5.41) is 12.3. The highest BCUT2D eigenvalue weighted by molar-refractivity contribution is 5.87. The zero-order chi connectivity index (χ0) is 12.2. The predicted molar refractivity (Wildman–Crippen MR) is 65.0 cm³/mol. The number of hydrogen-bond acceptors (Lipinski definition) is 2. The molecule has 1 atom stereocenters. The number of carbonyl (C=O) groups excluding carboxylic acids is 1. The lowest BCUT2D eigenvalue weighted by Gasteiger charge is -2.12. The second-order valence-electron chi connectivity index (χ2n) is 4.98. The Balaban J connectivity index is 2.27. The second kappa shape index (κ2) is 5.48. The molecule has 1 rings (SSSR count). The first-order chi connectivity index (χ1) is 7.48. The Morgan fingerprint density at radius 3 is 2.69 bits per heavy atom. The Kier molecular flexibility index (Phi) is 4.54. The third kappa shape index (κ3) is 3.97. The standard InChI is InChI=1S/C13H23NO2/c1-4-5-10(2)8-11(3)9-14-12(15)13(16)6-7-13/h8,11,16H,4-7,9H2,1-3H3,(H,14,15). The topological polar surface area (TPSA) is 49.3 Å². The summed E-state index contributed by atoms with van der Waals surface area (Å²) < 4.78 is 0. The molecular weight excluding hydrogens is 202 g/mol. The van der Waals surface area contributed by atoms with Gasteiger partial charge < -0.3 is 10.4 Å². The quantitative estimate of drug-likeness (QED) is 0.679. The van der Waals surface area contributed by atoms with Gasteiger partial charge in [0.25, 0.3) is 5.91 Å². The van der Waals surface area contributed by atoms with Crippen molar-refractivity contribution >= 4 is 5.91 Å². The lowest BCUT2D eigenvalue weighted by atomic mass is 10.1. The van der Waals surface area contributed by atoms with Gasteiger partial charge in [0.2, 0.25) is 0 Å². The number of amides is 1. The van der Waals surface area contributed by atoms with Crippen LogP contribution in [0.3, 0.4) is 0 Å². The van der Waals surface area contributed by atoms with E-state index >= 15 is 0 Å². The highest BCUT2D eigenvalue weighted by atomic mass is 16.3. The molecule has 3 nitrogen and oxygen atoms in total. The first-order valence-electron chi connectivity index (χ1n) is 6.16. The zero-order valence-electron chi connectivity index (χ0n) is 10.5. The second-order valence-corrected chi connectivity index (χ2v) is 4.98. The van der Waals surface area contributed by atoms with E-state index in [-0.39, 0.29) is 5.91 Å². The highest BCUT2D eigenvalue weighted by Gasteiger charge is 2.47. The average Bonchev–Trinajstić information content (AvgIpc) is 2.94. The monoisotopic (exact) mass is 225 g/mol. The molecule has 1 unspecified atom stereocenters. The maximum atomic E-state index is 11.5. The summed E-state index contributed by atoms with van der Waals surface area (Å²) in [5.41, 5.74) is 0.330. The largest absolute Gasteiger partial charge is 0.380 e. The molecule has 1 saturated carbocycles. The Hall–Kier alpha value is -0.830. The van der Waals surface area contributed by atoms with Crippen molar-refractivity contribution in [1.29, 1.82) is 0 Å². The van der Waals surface area contributed by atoms with Gasteiger partial charge >= 0.3 is 0 Å². The SMILES string of the molecule is CCCC(C)=CC(C)CNC(=O)C1(O)CC1. The Bertz CT molecular complexity index is 280. The number of rotatable bonds is 6. The molecule has 0 aliphatic heterocycles. The molecule has 0 heterocycles. The molecule has 0 aromatic carbocycles. The molecule has 2 N–H and O–H groups in total. The van der Waals surface area contributed by atoms with Crippen LogP contribution in [-0.4, -0.2) is 23.2 Å². The van der Waals surface area contributed by atoms with Gasteiger partial charge in [-0.15, -0.1) is 0 Å². The first kappa shape index (κ1) is 13.2. The number of aliphatic hydroxyl groups is 1. The van der Waals surface area contributed by atoms with Gasteiger partial charge in [-0.2, -0.15) is 0 Å². The summed E-state index contributed by atoms with van der Waals surface area (Å²) in [6, 6.07) is 0. The molecule has 1 aliphatic rings. The van der Waals surface area contributed by atoms with E-state index < -0.39 is 5.60 Å². The van der Waals surface area contributed by atoms with E-state index in [1.54, 1.807) is 0 Å². The molecule has 1 fully saturated rings. The van der Waals surface area contributed by atoms with Gasteiger partial charge in [-0.25, -0.2) is 0 Å². The normalized spacial score (nSPS) is 20.4. The van der Waals surface area contributed by atoms with E-state index in [0.29, 0.717) is 25.3 Å². The summed E-state index contributed by atoms with van der Waals surface area (Å²) in [4.78, 5) is 11.5. The van der Waals surface area contributed by atoms with Crippen LogP contribution in [0.2, 0.25) is 0 Å². The molecular formula is C13H23NO2. The van der Waals surface area contributed by atoms with Crippen molar-refractivity contribution in [3.8, 4) is 0 Å². The van der Waals surface area contributed by atoms with Crippen LogP contribution in [0.25, 0.3) is 0 Å². The summed E-state index contributed by atoms with van der Waals surface area (Å²) in [7, 11) is 0. The smallest absolute Gasteiger partial charge is 0.251 e. The minimum atomic E-state index is -1.04. The van der Waals surface area contributed by atoms with E-state index in [1.165, 1.54) is 5.57 Å². The summed E-state index contributed by atoms with van der Waals surface area (Å²) in [5.74, 6) is 0.124. The average molecular weight is 225 g/mol. The predicted octanol–water partition coefficient (Wildman–Crippen LogP) is 2.01. The third-order valence-corrected chi connectivity index (χ3v) is 2.94. The van der Waals surface area contributed by atoms with Crippen LogP contribution in [0.4, 0.5) is 0 Å². The molecule has 0 saturated heterocycles. The molecule has 3 heteroatoms. The van der Waals surface area contributed by atoms with Crippen LogP contribution in [0, 0.1) is 5.92 Å². The van der Waals surface area contributed by atoms with E-state index in [4.69, 9.17) is 0 Å². The van der Waals surface area contributed by atoms with E-state index in [0.717, 1.165) is 12.8 Å². The van der Waals surface area contributed by atoms with Crippen LogP contribution >= 0.6 is 0 Å². The van der Waals surface area contributed by atoms with Crippen molar-refractivity contribution in [1.82, 2.24) is 5.32 Å². The summed E-state index contributed by atoms with van der Waals surface area (Å²) >= 11 is 0. The van der Waals surface area contributed by atoms with Crippen molar-refractivity contribution in [3.05, 3.63) is 11.6 Å². The van der Waals surface area contributed by atoms with Crippen LogP contribution in [-0.2, 0) is 4.79 Å². The molecule has 0 aromatic heterocycles. The number of carbonyl (C=O) groups is 1. The zero-order valence-corrected chi connectivity index (χ0v) is 10.5. The molecule has 1 amide bonds. The van der Waals surface area contributed by atoms with Crippen molar-refractivity contribution in [2.24, 2.45) is 5.92 Å². The van der Waals surface area contributed by atoms with Crippen molar-refractivity contribution in [2.75, 3.05) is 6.54 Å². The Morgan fingerprint density at radius 2 is 2.19 bits per heavy atom. The number of allylic oxidation sites excluding steroid dienone is 1. The fourth-order valence-corrected chi connectivity index (χ4v) is 1.79. The summed E-state index contributed by atoms with van der Waals surface area (Å²) in [6.07, 6.45) is 5.68. The van der Waals surface area contributed by atoms with Crippen LogP contribution in [0.5, 0.6) is 0 Å². The van der Waals surface area contributed by atoms with Gasteiger partial charge in [0.1, 0.15) is 5.60 Å². The van der Waals surface area contributed by atoms with E-state index in [1.807, 2.05) is 0 Å². The molecule has 92 valence electrons. The molecule has 0 radical (unpaired) electrons.